The summed E-state index contributed by atoms with van der Waals surface area (Å²) in [6.07, 6.45) is 5.28. The average molecular weight is 227 g/mol. The summed E-state index contributed by atoms with van der Waals surface area (Å²) in [5, 5.41) is 9.16. The molecule has 3 nitrogen and oxygen atoms in total. The zero-order valence-electron chi connectivity index (χ0n) is 10.8. The molecule has 3 heteroatoms. The van der Waals surface area contributed by atoms with Crippen LogP contribution in [-0.4, -0.2) is 35.1 Å². The summed E-state index contributed by atoms with van der Waals surface area (Å²) in [5.41, 5.74) is 0.318. The Morgan fingerprint density at radius 1 is 1.31 bits per heavy atom. The average Bonchev–Trinajstić information content (AvgIpc) is 2.74. The fourth-order valence-electron chi connectivity index (χ4n) is 2.81. The Morgan fingerprint density at radius 3 is 2.31 bits per heavy atom. The Bertz CT molecular complexity index is 228. The van der Waals surface area contributed by atoms with E-state index >= 15 is 0 Å². The zero-order valence-corrected chi connectivity index (χ0v) is 10.8. The van der Waals surface area contributed by atoms with E-state index in [0.29, 0.717) is 5.41 Å². The van der Waals surface area contributed by atoms with Crippen molar-refractivity contribution in [2.45, 2.75) is 58.9 Å². The SMILES string of the molecule is CCC(CC)(CC)CN1CCCC1C(=O)O. The highest BCUT2D eigenvalue weighted by molar-refractivity contribution is 5.73. The summed E-state index contributed by atoms with van der Waals surface area (Å²) in [6, 6.07) is -0.232. The molecule has 0 aromatic rings. The van der Waals surface area contributed by atoms with Crippen LogP contribution in [0.15, 0.2) is 0 Å². The lowest BCUT2D eigenvalue weighted by atomic mass is 9.79. The van der Waals surface area contributed by atoms with Crippen LogP contribution in [0.25, 0.3) is 0 Å². The molecule has 1 rings (SSSR count). The molecule has 1 unspecified atom stereocenters. The number of rotatable bonds is 6. The van der Waals surface area contributed by atoms with Crippen LogP contribution < -0.4 is 0 Å². The van der Waals surface area contributed by atoms with E-state index in [4.69, 9.17) is 5.11 Å². The molecule has 0 aromatic heterocycles. The number of carboxylic acids is 1. The van der Waals surface area contributed by atoms with Gasteiger partial charge in [-0.2, -0.15) is 0 Å². The minimum absolute atomic E-state index is 0.232. The third-order valence-electron chi connectivity index (χ3n) is 4.44. The smallest absolute Gasteiger partial charge is 0.320 e. The van der Waals surface area contributed by atoms with Crippen LogP contribution >= 0.6 is 0 Å². The molecule has 0 aromatic carbocycles. The quantitative estimate of drug-likeness (QED) is 0.758. The number of nitrogens with zero attached hydrogens (tertiary/aromatic N) is 1. The molecule has 1 saturated heterocycles. The van der Waals surface area contributed by atoms with Gasteiger partial charge in [-0.3, -0.25) is 9.69 Å². The molecule has 1 aliphatic rings. The number of carboxylic acid groups (broad SMARTS) is 1. The van der Waals surface area contributed by atoms with Crippen molar-refractivity contribution in [3.05, 3.63) is 0 Å². The number of carbonyl (C=O) groups is 1. The summed E-state index contributed by atoms with van der Waals surface area (Å²) in [7, 11) is 0. The van der Waals surface area contributed by atoms with Gasteiger partial charge >= 0.3 is 5.97 Å². The van der Waals surface area contributed by atoms with Crippen LogP contribution in [-0.2, 0) is 4.79 Å². The Labute approximate surface area is 98.8 Å². The normalized spacial score (nSPS) is 22.6. The van der Waals surface area contributed by atoms with E-state index in [9.17, 15) is 4.79 Å². The van der Waals surface area contributed by atoms with Crippen LogP contribution in [0.1, 0.15) is 52.9 Å². The maximum atomic E-state index is 11.1. The molecule has 1 heterocycles. The molecular weight excluding hydrogens is 202 g/mol. The minimum atomic E-state index is -0.644. The molecule has 0 aliphatic carbocycles. The summed E-state index contributed by atoms with van der Waals surface area (Å²) < 4.78 is 0. The summed E-state index contributed by atoms with van der Waals surface area (Å²) >= 11 is 0. The molecule has 1 atom stereocenters. The van der Waals surface area contributed by atoms with E-state index in [0.717, 1.165) is 45.2 Å². The standard InChI is InChI=1S/C13H25NO2/c1-4-13(5-2,6-3)10-14-9-7-8-11(14)12(15)16/h11H,4-10H2,1-3H3,(H,15,16). The van der Waals surface area contributed by atoms with E-state index in [1.165, 1.54) is 0 Å². The second kappa shape index (κ2) is 5.67. The molecule has 0 bridgehead atoms. The van der Waals surface area contributed by atoms with E-state index < -0.39 is 5.97 Å². The lowest BCUT2D eigenvalue weighted by molar-refractivity contribution is -0.142. The van der Waals surface area contributed by atoms with Gasteiger partial charge in [-0.25, -0.2) is 0 Å². The van der Waals surface area contributed by atoms with Crippen molar-refractivity contribution in [2.75, 3.05) is 13.1 Å². The number of hydrogen-bond acceptors (Lipinski definition) is 2. The molecule has 1 aliphatic heterocycles. The lowest BCUT2D eigenvalue weighted by Gasteiger charge is -2.36. The number of hydrogen-bond donors (Lipinski definition) is 1. The van der Waals surface area contributed by atoms with Gasteiger partial charge in [-0.15, -0.1) is 0 Å². The Kier molecular flexibility index (Phi) is 4.78. The van der Waals surface area contributed by atoms with Gasteiger partial charge in [0.05, 0.1) is 0 Å². The van der Waals surface area contributed by atoms with Crippen molar-refractivity contribution in [3.8, 4) is 0 Å². The minimum Gasteiger partial charge on any atom is -0.480 e. The van der Waals surface area contributed by atoms with Crippen molar-refractivity contribution in [1.82, 2.24) is 4.90 Å². The molecule has 1 N–H and O–H groups in total. The molecule has 0 amide bonds. The van der Waals surface area contributed by atoms with E-state index in [-0.39, 0.29) is 6.04 Å². The van der Waals surface area contributed by atoms with Crippen molar-refractivity contribution in [2.24, 2.45) is 5.41 Å². The Morgan fingerprint density at radius 2 is 1.88 bits per heavy atom. The van der Waals surface area contributed by atoms with Gasteiger partial charge in [-0.1, -0.05) is 20.8 Å². The molecule has 16 heavy (non-hydrogen) atoms. The second-order valence-corrected chi connectivity index (χ2v) is 5.03. The summed E-state index contributed by atoms with van der Waals surface area (Å²) in [6.45, 7) is 8.57. The number of likely N-dealkylation sites (tertiary alicyclic amines) is 1. The monoisotopic (exact) mass is 227 g/mol. The first kappa shape index (κ1) is 13.5. The van der Waals surface area contributed by atoms with Crippen molar-refractivity contribution >= 4 is 5.97 Å². The van der Waals surface area contributed by atoms with E-state index in [2.05, 4.69) is 25.7 Å². The lowest BCUT2D eigenvalue weighted by Crippen LogP contribution is -2.43. The third-order valence-corrected chi connectivity index (χ3v) is 4.44. The highest BCUT2D eigenvalue weighted by Gasteiger charge is 2.35. The van der Waals surface area contributed by atoms with Crippen LogP contribution in [0.5, 0.6) is 0 Å². The predicted octanol–water partition coefficient (Wildman–Crippen LogP) is 2.75. The van der Waals surface area contributed by atoms with Gasteiger partial charge in [0.15, 0.2) is 0 Å². The van der Waals surface area contributed by atoms with Crippen LogP contribution in [0.2, 0.25) is 0 Å². The van der Waals surface area contributed by atoms with Gasteiger partial charge in [-0.05, 0) is 44.1 Å². The molecule has 0 radical (unpaired) electrons. The Hall–Kier alpha value is -0.570. The van der Waals surface area contributed by atoms with Gasteiger partial charge < -0.3 is 5.11 Å². The molecule has 0 spiro atoms. The van der Waals surface area contributed by atoms with Crippen molar-refractivity contribution in [1.29, 1.82) is 0 Å². The van der Waals surface area contributed by atoms with Crippen LogP contribution in [0, 0.1) is 5.41 Å². The fourth-order valence-corrected chi connectivity index (χ4v) is 2.81. The first-order valence-electron chi connectivity index (χ1n) is 6.55. The number of aliphatic carboxylic acids is 1. The third kappa shape index (κ3) is 2.76. The van der Waals surface area contributed by atoms with E-state index in [1.54, 1.807) is 0 Å². The van der Waals surface area contributed by atoms with Gasteiger partial charge in [0.25, 0.3) is 0 Å². The molecule has 94 valence electrons. The van der Waals surface area contributed by atoms with Crippen LogP contribution in [0.3, 0.4) is 0 Å². The first-order chi connectivity index (χ1) is 7.58. The van der Waals surface area contributed by atoms with Gasteiger partial charge in [0.1, 0.15) is 6.04 Å². The maximum absolute atomic E-state index is 11.1. The highest BCUT2D eigenvalue weighted by atomic mass is 16.4. The summed E-state index contributed by atoms with van der Waals surface area (Å²) in [5.74, 6) is -0.644. The van der Waals surface area contributed by atoms with E-state index in [1.807, 2.05) is 0 Å². The fraction of sp³-hybridized carbons (Fsp3) is 0.923. The molecule has 1 fully saturated rings. The largest absolute Gasteiger partial charge is 0.480 e. The highest BCUT2D eigenvalue weighted by Crippen LogP contribution is 2.33. The summed E-state index contributed by atoms with van der Waals surface area (Å²) in [4.78, 5) is 13.3. The van der Waals surface area contributed by atoms with Crippen molar-refractivity contribution in [3.63, 3.8) is 0 Å². The molecular formula is C13H25NO2. The Balaban J connectivity index is 2.67. The maximum Gasteiger partial charge on any atom is 0.320 e. The van der Waals surface area contributed by atoms with Crippen LogP contribution in [0.4, 0.5) is 0 Å². The zero-order chi connectivity index (χ0) is 12.2. The topological polar surface area (TPSA) is 40.5 Å². The predicted molar refractivity (Wildman–Crippen MR) is 65.5 cm³/mol. The van der Waals surface area contributed by atoms with Crippen molar-refractivity contribution < 1.29 is 9.90 Å². The molecule has 0 saturated carbocycles. The first-order valence-corrected chi connectivity index (χ1v) is 6.55. The van der Waals surface area contributed by atoms with Gasteiger partial charge in [0, 0.05) is 6.54 Å². The van der Waals surface area contributed by atoms with Gasteiger partial charge in [0.2, 0.25) is 0 Å². The second-order valence-electron chi connectivity index (χ2n) is 5.03.